The highest BCUT2D eigenvalue weighted by Gasteiger charge is 1.88. The van der Waals surface area contributed by atoms with Crippen molar-refractivity contribution in [3.63, 3.8) is 0 Å². The first-order valence-corrected chi connectivity index (χ1v) is 3.46. The highest BCUT2D eigenvalue weighted by atomic mass is 15.3. The van der Waals surface area contributed by atoms with Crippen molar-refractivity contribution >= 4 is 0 Å². The van der Waals surface area contributed by atoms with Crippen molar-refractivity contribution in [2.75, 3.05) is 6.54 Å². The van der Waals surface area contributed by atoms with Crippen LogP contribution in [0.4, 0.5) is 0 Å². The lowest BCUT2D eigenvalue weighted by Crippen LogP contribution is -2.27. The van der Waals surface area contributed by atoms with Gasteiger partial charge in [-0.25, -0.2) is 5.43 Å². The van der Waals surface area contributed by atoms with Gasteiger partial charge in [0.1, 0.15) is 0 Å². The molecule has 0 unspecified atom stereocenters. The minimum atomic E-state index is 1.04. The molecule has 0 saturated heterocycles. The largest absolute Gasteiger partial charge is 0.281 e. The molecule has 0 bridgehead atoms. The van der Waals surface area contributed by atoms with Crippen LogP contribution in [-0.2, 0) is 0 Å². The lowest BCUT2D eigenvalue weighted by molar-refractivity contribution is 0.587. The minimum Gasteiger partial charge on any atom is -0.281 e. The van der Waals surface area contributed by atoms with Gasteiger partial charge in [0.2, 0.25) is 0 Å². The summed E-state index contributed by atoms with van der Waals surface area (Å²) in [5, 5.41) is 0. The highest BCUT2D eigenvalue weighted by molar-refractivity contribution is 4.95. The summed E-state index contributed by atoms with van der Waals surface area (Å²) in [6.07, 6.45) is 4.82. The van der Waals surface area contributed by atoms with Crippen molar-refractivity contribution < 1.29 is 0 Å². The zero-order valence-electron chi connectivity index (χ0n) is 5.54. The summed E-state index contributed by atoms with van der Waals surface area (Å²) in [5.41, 5.74) is 5.82. The van der Waals surface area contributed by atoms with Crippen LogP contribution in [0.3, 0.4) is 0 Å². The van der Waals surface area contributed by atoms with E-state index in [-0.39, 0.29) is 0 Å². The molecule has 0 aromatic rings. The maximum Gasteiger partial charge on any atom is 0.0201 e. The molecular weight excluding hydrogens is 112 g/mol. The van der Waals surface area contributed by atoms with Gasteiger partial charge in [-0.05, 0) is 12.8 Å². The molecule has 1 aliphatic rings. The molecule has 1 heterocycles. The van der Waals surface area contributed by atoms with E-state index in [0.29, 0.717) is 0 Å². The average Bonchev–Trinajstić information content (AvgIpc) is 2.00. The Bertz CT molecular complexity index is 109. The molecule has 0 radical (unpaired) electrons. The zero-order chi connectivity index (χ0) is 6.36. The molecule has 0 spiro atoms. The van der Waals surface area contributed by atoms with Gasteiger partial charge in [-0.3, -0.25) is 5.43 Å². The molecular formula is C7H12N2. The highest BCUT2D eigenvalue weighted by Crippen LogP contribution is 1.97. The summed E-state index contributed by atoms with van der Waals surface area (Å²) >= 11 is 0. The summed E-state index contributed by atoms with van der Waals surface area (Å²) in [5.74, 6) is 3.00. The van der Waals surface area contributed by atoms with Crippen molar-refractivity contribution in [3.05, 3.63) is 0 Å². The van der Waals surface area contributed by atoms with E-state index in [4.69, 9.17) is 0 Å². The Morgan fingerprint density at radius 1 is 1.11 bits per heavy atom. The maximum absolute atomic E-state index is 3.00. The number of hydrazine groups is 1. The molecule has 50 valence electrons. The van der Waals surface area contributed by atoms with E-state index >= 15 is 0 Å². The Labute approximate surface area is 56.0 Å². The third-order valence-corrected chi connectivity index (χ3v) is 1.34. The van der Waals surface area contributed by atoms with Gasteiger partial charge in [0, 0.05) is 19.0 Å². The molecule has 1 rings (SSSR count). The molecule has 2 nitrogen and oxygen atoms in total. The number of hydrogen-bond acceptors (Lipinski definition) is 2. The second-order valence-electron chi connectivity index (χ2n) is 2.16. The standard InChI is InChI=1S/C7H12N2/c1-2-4-6-8-9-7-5-3-1/h8-9H,1-4,6H2. The Hall–Kier alpha value is -0.680. The van der Waals surface area contributed by atoms with Crippen LogP contribution in [0.1, 0.15) is 25.7 Å². The molecule has 0 saturated carbocycles. The van der Waals surface area contributed by atoms with Crippen molar-refractivity contribution in [2.45, 2.75) is 25.7 Å². The lowest BCUT2D eigenvalue weighted by Gasteiger charge is -1.98. The van der Waals surface area contributed by atoms with E-state index in [2.05, 4.69) is 22.8 Å². The third kappa shape index (κ3) is 2.99. The molecule has 0 aliphatic carbocycles. The molecule has 2 heteroatoms. The summed E-state index contributed by atoms with van der Waals surface area (Å²) < 4.78 is 0. The summed E-state index contributed by atoms with van der Waals surface area (Å²) in [7, 11) is 0. The van der Waals surface area contributed by atoms with Gasteiger partial charge < -0.3 is 0 Å². The van der Waals surface area contributed by atoms with Gasteiger partial charge in [-0.15, -0.1) is 0 Å². The van der Waals surface area contributed by atoms with Gasteiger partial charge in [0.05, 0.1) is 0 Å². The normalized spacial score (nSPS) is 19.6. The van der Waals surface area contributed by atoms with E-state index in [1.807, 2.05) is 0 Å². The zero-order valence-corrected chi connectivity index (χ0v) is 5.54. The van der Waals surface area contributed by atoms with Crippen LogP contribution in [0, 0.1) is 12.0 Å². The van der Waals surface area contributed by atoms with Gasteiger partial charge in [-0.1, -0.05) is 12.3 Å². The van der Waals surface area contributed by atoms with E-state index < -0.39 is 0 Å². The predicted molar refractivity (Wildman–Crippen MR) is 37.4 cm³/mol. The first-order chi connectivity index (χ1) is 4.50. The molecule has 0 aromatic carbocycles. The van der Waals surface area contributed by atoms with Crippen molar-refractivity contribution in [1.82, 2.24) is 10.9 Å². The minimum absolute atomic E-state index is 1.04. The summed E-state index contributed by atoms with van der Waals surface area (Å²) in [6, 6.07) is 2.82. The molecule has 1 aliphatic heterocycles. The molecule has 0 fully saturated rings. The molecule has 2 N–H and O–H groups in total. The second kappa shape index (κ2) is 4.22. The Balaban J connectivity index is 2.19. The van der Waals surface area contributed by atoms with Gasteiger partial charge in [0.15, 0.2) is 0 Å². The maximum atomic E-state index is 3.00. The van der Waals surface area contributed by atoms with E-state index in [9.17, 15) is 0 Å². The summed E-state index contributed by atoms with van der Waals surface area (Å²) in [6.45, 7) is 1.04. The van der Waals surface area contributed by atoms with Crippen molar-refractivity contribution in [1.29, 1.82) is 0 Å². The van der Waals surface area contributed by atoms with Crippen LogP contribution in [0.25, 0.3) is 0 Å². The monoisotopic (exact) mass is 124 g/mol. The summed E-state index contributed by atoms with van der Waals surface area (Å²) in [4.78, 5) is 0. The van der Waals surface area contributed by atoms with Crippen LogP contribution in [-0.4, -0.2) is 6.54 Å². The van der Waals surface area contributed by atoms with Crippen molar-refractivity contribution in [2.24, 2.45) is 0 Å². The third-order valence-electron chi connectivity index (χ3n) is 1.34. The fourth-order valence-corrected chi connectivity index (χ4v) is 0.817. The van der Waals surface area contributed by atoms with Crippen LogP contribution in [0.5, 0.6) is 0 Å². The second-order valence-corrected chi connectivity index (χ2v) is 2.16. The number of hydrogen-bond donors (Lipinski definition) is 2. The van der Waals surface area contributed by atoms with Gasteiger partial charge in [0.25, 0.3) is 0 Å². The average molecular weight is 124 g/mol. The number of rotatable bonds is 0. The van der Waals surface area contributed by atoms with Crippen LogP contribution in [0.2, 0.25) is 0 Å². The predicted octanol–water partition coefficient (Wildman–Crippen LogP) is 0.615. The molecule has 0 aromatic heterocycles. The van der Waals surface area contributed by atoms with E-state index in [1.165, 1.54) is 19.3 Å². The fourth-order valence-electron chi connectivity index (χ4n) is 0.817. The van der Waals surface area contributed by atoms with Crippen LogP contribution in [0.15, 0.2) is 0 Å². The van der Waals surface area contributed by atoms with E-state index in [1.54, 1.807) is 0 Å². The lowest BCUT2D eigenvalue weighted by atomic mass is 10.2. The first kappa shape index (κ1) is 6.44. The number of nitrogens with one attached hydrogen (secondary N) is 2. The molecule has 0 atom stereocenters. The SMILES string of the molecule is C1#CNNCCCCC1. The van der Waals surface area contributed by atoms with Crippen molar-refractivity contribution in [3.8, 4) is 12.0 Å². The fraction of sp³-hybridized carbons (Fsp3) is 0.714. The van der Waals surface area contributed by atoms with Gasteiger partial charge >= 0.3 is 0 Å². The van der Waals surface area contributed by atoms with Crippen LogP contribution >= 0.6 is 0 Å². The smallest absolute Gasteiger partial charge is 0.0201 e. The van der Waals surface area contributed by atoms with Gasteiger partial charge in [-0.2, -0.15) is 0 Å². The Kier molecular flexibility index (Phi) is 3.02. The Morgan fingerprint density at radius 2 is 2.11 bits per heavy atom. The molecule has 0 amide bonds. The van der Waals surface area contributed by atoms with Crippen LogP contribution < -0.4 is 10.9 Å². The first-order valence-electron chi connectivity index (χ1n) is 3.46. The quantitative estimate of drug-likeness (QED) is 0.462. The topological polar surface area (TPSA) is 24.1 Å². The Morgan fingerprint density at radius 3 is 3.11 bits per heavy atom. The molecule has 9 heavy (non-hydrogen) atoms. The van der Waals surface area contributed by atoms with E-state index in [0.717, 1.165) is 13.0 Å².